The van der Waals surface area contributed by atoms with Crippen LogP contribution in [0.3, 0.4) is 0 Å². The number of hydrogen-bond donors (Lipinski definition) is 1. The van der Waals surface area contributed by atoms with Crippen molar-refractivity contribution in [3.63, 3.8) is 0 Å². The zero-order chi connectivity index (χ0) is 21.5. The highest BCUT2D eigenvalue weighted by Crippen LogP contribution is 2.34. The molecule has 0 atom stereocenters. The van der Waals surface area contributed by atoms with Gasteiger partial charge in [0.25, 0.3) is 0 Å². The molecule has 0 bridgehead atoms. The lowest BCUT2D eigenvalue weighted by molar-refractivity contribution is 0.0694. The van der Waals surface area contributed by atoms with Crippen molar-refractivity contribution >= 4 is 5.97 Å². The Morgan fingerprint density at radius 2 is 1.50 bits per heavy atom. The van der Waals surface area contributed by atoms with Gasteiger partial charge in [0.1, 0.15) is 22.8 Å². The zero-order valence-electron chi connectivity index (χ0n) is 17.3. The molecule has 2 aromatic carbocycles. The van der Waals surface area contributed by atoms with E-state index in [0.717, 1.165) is 30.5 Å². The van der Waals surface area contributed by atoms with Crippen LogP contribution in [0.2, 0.25) is 0 Å². The van der Waals surface area contributed by atoms with Gasteiger partial charge in [-0.2, -0.15) is 0 Å². The Morgan fingerprint density at radius 1 is 0.933 bits per heavy atom. The molecule has 0 unspecified atom stereocenters. The molecule has 1 aromatic heterocycles. The number of aromatic carboxylic acids is 1. The number of methoxy groups -OCH3 is 2. The summed E-state index contributed by atoms with van der Waals surface area (Å²) < 4.78 is 16.3. The first kappa shape index (κ1) is 21.2. The molecule has 6 heteroatoms. The van der Waals surface area contributed by atoms with E-state index in [2.05, 4.69) is 11.9 Å². The van der Waals surface area contributed by atoms with Crippen LogP contribution in [0.4, 0.5) is 0 Å². The lowest BCUT2D eigenvalue weighted by Crippen LogP contribution is -2.07. The van der Waals surface area contributed by atoms with Gasteiger partial charge in [-0.15, -0.1) is 0 Å². The maximum absolute atomic E-state index is 12.2. The van der Waals surface area contributed by atoms with E-state index >= 15 is 0 Å². The largest absolute Gasteiger partial charge is 0.497 e. The molecule has 0 saturated carbocycles. The van der Waals surface area contributed by atoms with Crippen molar-refractivity contribution in [1.29, 1.82) is 0 Å². The Bertz CT molecular complexity index is 997. The highest BCUT2D eigenvalue weighted by atomic mass is 16.5. The predicted molar refractivity (Wildman–Crippen MR) is 115 cm³/mol. The third-order valence-corrected chi connectivity index (χ3v) is 4.71. The van der Waals surface area contributed by atoms with Crippen molar-refractivity contribution in [2.45, 2.75) is 26.2 Å². The number of carbonyl (C=O) groups is 1. The normalized spacial score (nSPS) is 10.5. The Morgan fingerprint density at radius 3 is 2.03 bits per heavy atom. The molecule has 0 aliphatic rings. The lowest BCUT2D eigenvalue weighted by atomic mass is 9.98. The molecule has 1 heterocycles. The smallest absolute Gasteiger partial charge is 0.341 e. The maximum Gasteiger partial charge on any atom is 0.341 e. The molecular weight excluding hydrogens is 382 g/mol. The first-order valence-corrected chi connectivity index (χ1v) is 9.79. The van der Waals surface area contributed by atoms with Crippen LogP contribution in [0.1, 0.15) is 35.8 Å². The van der Waals surface area contributed by atoms with E-state index in [0.29, 0.717) is 22.8 Å². The molecule has 0 saturated heterocycles. The first-order valence-electron chi connectivity index (χ1n) is 9.79. The third-order valence-electron chi connectivity index (χ3n) is 4.71. The van der Waals surface area contributed by atoms with Gasteiger partial charge in [0, 0.05) is 11.3 Å². The number of hydrogen-bond acceptors (Lipinski definition) is 5. The summed E-state index contributed by atoms with van der Waals surface area (Å²) in [5, 5.41) is 9.97. The van der Waals surface area contributed by atoms with E-state index in [1.54, 1.807) is 50.6 Å². The summed E-state index contributed by atoms with van der Waals surface area (Å²) >= 11 is 0. The van der Waals surface area contributed by atoms with Crippen LogP contribution < -0.4 is 14.2 Å². The fourth-order valence-electron chi connectivity index (χ4n) is 3.09. The number of carboxylic acid groups (broad SMARTS) is 1. The van der Waals surface area contributed by atoms with Gasteiger partial charge in [0.15, 0.2) is 0 Å². The molecule has 0 aliphatic carbocycles. The molecule has 0 radical (unpaired) electrons. The number of pyridine rings is 1. The molecule has 6 nitrogen and oxygen atoms in total. The molecule has 0 amide bonds. The van der Waals surface area contributed by atoms with Gasteiger partial charge in [-0.05, 0) is 60.9 Å². The molecule has 156 valence electrons. The molecule has 30 heavy (non-hydrogen) atoms. The Hall–Kier alpha value is -3.54. The summed E-state index contributed by atoms with van der Waals surface area (Å²) in [6, 6.07) is 16.1. The van der Waals surface area contributed by atoms with Gasteiger partial charge in [-0.3, -0.25) is 0 Å². The van der Waals surface area contributed by atoms with Crippen molar-refractivity contribution in [2.24, 2.45) is 0 Å². The minimum absolute atomic E-state index is 0.0243. The fraction of sp³-hybridized carbons (Fsp3) is 0.250. The summed E-state index contributed by atoms with van der Waals surface area (Å²) in [6.07, 6.45) is 2.69. The highest BCUT2D eigenvalue weighted by molar-refractivity contribution is 5.98. The number of benzene rings is 2. The Labute approximate surface area is 176 Å². The molecule has 3 aromatic rings. The molecule has 0 spiro atoms. The minimum atomic E-state index is -1.10. The molecule has 1 N–H and O–H groups in total. The zero-order valence-corrected chi connectivity index (χ0v) is 17.3. The summed E-state index contributed by atoms with van der Waals surface area (Å²) in [6.45, 7) is 2.10. The Balaban J connectivity index is 2.10. The van der Waals surface area contributed by atoms with E-state index < -0.39 is 5.97 Å². The minimum Gasteiger partial charge on any atom is -0.497 e. The maximum atomic E-state index is 12.2. The van der Waals surface area contributed by atoms with E-state index in [9.17, 15) is 9.90 Å². The second-order valence-electron chi connectivity index (χ2n) is 6.76. The first-order chi connectivity index (χ1) is 14.5. The third kappa shape index (κ3) is 4.89. The number of nitrogens with zero attached hydrogens (tertiary/aromatic N) is 1. The van der Waals surface area contributed by atoms with Gasteiger partial charge >= 0.3 is 5.97 Å². The lowest BCUT2D eigenvalue weighted by Gasteiger charge is -2.15. The Kier molecular flexibility index (Phi) is 6.91. The molecule has 3 rings (SSSR count). The van der Waals surface area contributed by atoms with Crippen LogP contribution in [0.25, 0.3) is 11.1 Å². The second-order valence-corrected chi connectivity index (χ2v) is 6.76. The number of aromatic nitrogens is 1. The van der Waals surface area contributed by atoms with Crippen LogP contribution >= 0.6 is 0 Å². The number of carboxylic acids is 1. The summed E-state index contributed by atoms with van der Waals surface area (Å²) in [7, 11) is 3.17. The van der Waals surface area contributed by atoms with Crippen LogP contribution in [-0.4, -0.2) is 30.3 Å². The quantitative estimate of drug-likeness (QED) is 0.497. The molecular formula is C24H25NO5. The van der Waals surface area contributed by atoms with Gasteiger partial charge in [0.2, 0.25) is 5.88 Å². The average molecular weight is 407 g/mol. The monoisotopic (exact) mass is 407 g/mol. The van der Waals surface area contributed by atoms with Gasteiger partial charge in [-0.1, -0.05) is 25.5 Å². The average Bonchev–Trinajstić information content (AvgIpc) is 2.77. The van der Waals surface area contributed by atoms with Gasteiger partial charge < -0.3 is 19.3 Å². The van der Waals surface area contributed by atoms with Gasteiger partial charge in [-0.25, -0.2) is 9.78 Å². The van der Waals surface area contributed by atoms with Crippen molar-refractivity contribution in [2.75, 3.05) is 14.2 Å². The van der Waals surface area contributed by atoms with E-state index in [4.69, 9.17) is 14.2 Å². The van der Waals surface area contributed by atoms with E-state index in [1.807, 2.05) is 18.2 Å². The highest BCUT2D eigenvalue weighted by Gasteiger charge is 2.22. The SMILES string of the molecule is CCCCc1cc(-c2ccc(OC)cc2)c(C(=O)O)c(Oc2ccc(OC)cc2)n1. The predicted octanol–water partition coefficient (Wildman–Crippen LogP) is 5.60. The van der Waals surface area contributed by atoms with Crippen LogP contribution in [-0.2, 0) is 6.42 Å². The van der Waals surface area contributed by atoms with Gasteiger partial charge in [0.05, 0.1) is 14.2 Å². The fourth-order valence-corrected chi connectivity index (χ4v) is 3.09. The number of aryl methyl sites for hydroxylation is 1. The summed E-state index contributed by atoms with van der Waals surface area (Å²) in [5.41, 5.74) is 2.13. The molecule has 0 fully saturated rings. The molecule has 0 aliphatic heterocycles. The van der Waals surface area contributed by atoms with Crippen molar-refractivity contribution < 1.29 is 24.1 Å². The van der Waals surface area contributed by atoms with Crippen LogP contribution in [0.15, 0.2) is 54.6 Å². The van der Waals surface area contributed by atoms with E-state index in [-0.39, 0.29) is 11.4 Å². The second kappa shape index (κ2) is 9.78. The topological polar surface area (TPSA) is 77.9 Å². The summed E-state index contributed by atoms with van der Waals surface area (Å²) in [5.74, 6) is 0.847. The van der Waals surface area contributed by atoms with Crippen LogP contribution in [0.5, 0.6) is 23.1 Å². The standard InChI is InChI=1S/C24H25NO5/c1-4-5-6-17-15-21(16-7-9-18(28-2)10-8-16)22(24(26)27)23(25-17)30-20-13-11-19(29-3)12-14-20/h7-15H,4-6H2,1-3H3,(H,26,27). The number of ether oxygens (including phenoxy) is 3. The number of rotatable bonds is 9. The summed E-state index contributed by atoms with van der Waals surface area (Å²) in [4.78, 5) is 16.7. The van der Waals surface area contributed by atoms with Crippen molar-refractivity contribution in [1.82, 2.24) is 4.98 Å². The number of unbranched alkanes of at least 4 members (excludes halogenated alkanes) is 1. The van der Waals surface area contributed by atoms with E-state index in [1.165, 1.54) is 0 Å². The van der Waals surface area contributed by atoms with Crippen molar-refractivity contribution in [3.05, 3.63) is 65.9 Å². The van der Waals surface area contributed by atoms with Crippen molar-refractivity contribution in [3.8, 4) is 34.3 Å². The van der Waals surface area contributed by atoms with Crippen LogP contribution in [0, 0.1) is 0 Å².